The first-order valence-corrected chi connectivity index (χ1v) is 15.6. The molecule has 0 saturated heterocycles. The molecule has 3 heterocycles. The predicted molar refractivity (Wildman–Crippen MR) is 189 cm³/mol. The second-order valence-corrected chi connectivity index (χ2v) is 11.7. The van der Waals surface area contributed by atoms with Gasteiger partial charge in [-0.15, -0.1) is 0 Å². The molecule has 0 radical (unpaired) electrons. The van der Waals surface area contributed by atoms with Crippen LogP contribution in [0.2, 0.25) is 0 Å². The van der Waals surface area contributed by atoms with Gasteiger partial charge in [-0.1, -0.05) is 127 Å². The molecular weight excluding hydrogens is 562 g/mol. The molecule has 0 aliphatic carbocycles. The van der Waals surface area contributed by atoms with E-state index in [2.05, 4.69) is 154 Å². The number of aromatic nitrogens is 5. The molecule has 0 aliphatic rings. The SMILES string of the molecule is Cc1nc(C)nc(-n2c3ccccc3c3ccc4c5ccccc5n(-c5c(-c6ccccc6)cccc5-c5ccccc5)c4c32)n1. The minimum Gasteiger partial charge on any atom is -0.306 e. The number of hydrogen-bond donors (Lipinski definition) is 0. The lowest BCUT2D eigenvalue weighted by molar-refractivity contribution is 0.864. The van der Waals surface area contributed by atoms with Gasteiger partial charge in [-0.25, -0.2) is 4.98 Å². The van der Waals surface area contributed by atoms with E-state index < -0.39 is 0 Å². The average molecular weight is 592 g/mol. The third-order valence-electron chi connectivity index (χ3n) is 8.95. The normalized spacial score (nSPS) is 11.7. The third-order valence-corrected chi connectivity index (χ3v) is 8.95. The molecule has 9 aromatic rings. The molecule has 0 aliphatic heterocycles. The second-order valence-electron chi connectivity index (χ2n) is 11.7. The van der Waals surface area contributed by atoms with E-state index in [1.54, 1.807) is 0 Å². The van der Waals surface area contributed by atoms with E-state index in [9.17, 15) is 0 Å². The van der Waals surface area contributed by atoms with E-state index >= 15 is 0 Å². The second kappa shape index (κ2) is 10.2. The Bertz CT molecular complexity index is 2520. The standard InChI is InChI=1S/C41H29N5/c1-26-42-27(2)44-41(43-26)46-37-23-12-10-19-33(37)35-25-24-34-32-18-9-11-22-36(32)45(39(34)40(35)46)38-30(28-14-5-3-6-15-28)20-13-21-31(38)29-16-7-4-8-17-29/h3-25H,1-2H3. The molecule has 5 heteroatoms. The van der Waals surface area contributed by atoms with Crippen molar-refractivity contribution in [3.63, 3.8) is 0 Å². The van der Waals surface area contributed by atoms with Gasteiger partial charge in [0.15, 0.2) is 0 Å². The van der Waals surface area contributed by atoms with Gasteiger partial charge in [0.25, 0.3) is 0 Å². The molecule has 0 amide bonds. The maximum absolute atomic E-state index is 4.90. The Labute approximate surface area is 266 Å². The topological polar surface area (TPSA) is 48.5 Å². The Morgan fingerprint density at radius 2 is 0.848 bits per heavy atom. The maximum Gasteiger partial charge on any atom is 0.238 e. The lowest BCUT2D eigenvalue weighted by Crippen LogP contribution is -2.07. The highest BCUT2D eigenvalue weighted by molar-refractivity contribution is 6.24. The van der Waals surface area contributed by atoms with Crippen LogP contribution in [-0.2, 0) is 0 Å². The molecule has 0 bridgehead atoms. The molecule has 46 heavy (non-hydrogen) atoms. The molecular formula is C41H29N5. The van der Waals surface area contributed by atoms with E-state index in [4.69, 9.17) is 9.97 Å². The summed E-state index contributed by atoms with van der Waals surface area (Å²) >= 11 is 0. The number of para-hydroxylation sites is 3. The van der Waals surface area contributed by atoms with Crippen LogP contribution in [0.15, 0.2) is 140 Å². The molecule has 0 saturated carbocycles. The molecule has 218 valence electrons. The van der Waals surface area contributed by atoms with E-state index in [1.165, 1.54) is 10.8 Å². The molecule has 3 aromatic heterocycles. The average Bonchev–Trinajstić information content (AvgIpc) is 3.61. The Balaban J connectivity index is 1.55. The molecule has 0 fully saturated rings. The van der Waals surface area contributed by atoms with Crippen LogP contribution in [-0.4, -0.2) is 24.1 Å². The first-order valence-electron chi connectivity index (χ1n) is 15.6. The van der Waals surface area contributed by atoms with Crippen molar-refractivity contribution in [2.75, 3.05) is 0 Å². The fourth-order valence-corrected chi connectivity index (χ4v) is 7.13. The number of aryl methyl sites for hydroxylation is 2. The zero-order valence-corrected chi connectivity index (χ0v) is 25.5. The third kappa shape index (κ3) is 3.92. The van der Waals surface area contributed by atoms with Crippen LogP contribution >= 0.6 is 0 Å². The summed E-state index contributed by atoms with van der Waals surface area (Å²) in [4.78, 5) is 14.3. The maximum atomic E-state index is 4.90. The highest BCUT2D eigenvalue weighted by Gasteiger charge is 2.25. The minimum absolute atomic E-state index is 0.625. The van der Waals surface area contributed by atoms with Gasteiger partial charge in [0.2, 0.25) is 5.95 Å². The Kier molecular flexibility index (Phi) is 5.87. The molecule has 5 nitrogen and oxygen atoms in total. The zero-order chi connectivity index (χ0) is 30.8. The van der Waals surface area contributed by atoms with Crippen LogP contribution in [0.25, 0.3) is 77.5 Å². The van der Waals surface area contributed by atoms with Gasteiger partial charge in [0, 0.05) is 32.7 Å². The van der Waals surface area contributed by atoms with Crippen LogP contribution in [0.4, 0.5) is 0 Å². The summed E-state index contributed by atoms with van der Waals surface area (Å²) in [6.45, 7) is 3.86. The van der Waals surface area contributed by atoms with Crippen molar-refractivity contribution < 1.29 is 0 Å². The van der Waals surface area contributed by atoms with Crippen LogP contribution in [0.3, 0.4) is 0 Å². The zero-order valence-electron chi connectivity index (χ0n) is 25.5. The van der Waals surface area contributed by atoms with Crippen LogP contribution < -0.4 is 0 Å². The summed E-state index contributed by atoms with van der Waals surface area (Å²) in [6, 6.07) is 49.9. The van der Waals surface area contributed by atoms with Gasteiger partial charge in [-0.2, -0.15) is 9.97 Å². The van der Waals surface area contributed by atoms with Crippen molar-refractivity contribution in [1.29, 1.82) is 0 Å². The number of benzene rings is 6. The van der Waals surface area contributed by atoms with Gasteiger partial charge >= 0.3 is 0 Å². The minimum atomic E-state index is 0.625. The highest BCUT2D eigenvalue weighted by atomic mass is 15.2. The quantitative estimate of drug-likeness (QED) is 0.205. The lowest BCUT2D eigenvalue weighted by atomic mass is 9.95. The van der Waals surface area contributed by atoms with E-state index in [-0.39, 0.29) is 0 Å². The van der Waals surface area contributed by atoms with Gasteiger partial charge in [0.1, 0.15) is 11.6 Å². The van der Waals surface area contributed by atoms with Crippen molar-refractivity contribution in [1.82, 2.24) is 24.1 Å². The monoisotopic (exact) mass is 591 g/mol. The lowest BCUT2D eigenvalue weighted by Gasteiger charge is -2.20. The first kappa shape index (κ1) is 26.3. The molecule has 0 unspecified atom stereocenters. The van der Waals surface area contributed by atoms with Gasteiger partial charge in [-0.05, 0) is 37.1 Å². The Morgan fingerprint density at radius 1 is 0.391 bits per heavy atom. The molecule has 0 N–H and O–H groups in total. The van der Waals surface area contributed by atoms with Gasteiger partial charge in [0.05, 0.1) is 27.8 Å². The fraction of sp³-hybridized carbons (Fsp3) is 0.0488. The summed E-state index contributed by atoms with van der Waals surface area (Å²) in [5.74, 6) is 2.02. The summed E-state index contributed by atoms with van der Waals surface area (Å²) in [7, 11) is 0. The van der Waals surface area contributed by atoms with Gasteiger partial charge in [-0.3, -0.25) is 4.57 Å². The number of nitrogens with zero attached hydrogens (tertiary/aromatic N) is 5. The van der Waals surface area contributed by atoms with Crippen molar-refractivity contribution in [2.24, 2.45) is 0 Å². The smallest absolute Gasteiger partial charge is 0.238 e. The van der Waals surface area contributed by atoms with Crippen molar-refractivity contribution in [3.8, 4) is 33.9 Å². The predicted octanol–water partition coefficient (Wildman–Crippen LogP) is 10.0. The summed E-state index contributed by atoms with van der Waals surface area (Å²) in [5.41, 5.74) is 10.2. The molecule has 6 aromatic carbocycles. The summed E-state index contributed by atoms with van der Waals surface area (Å²) in [6.07, 6.45) is 0. The van der Waals surface area contributed by atoms with E-state index in [0.717, 1.165) is 60.8 Å². The first-order chi connectivity index (χ1) is 22.7. The highest BCUT2D eigenvalue weighted by Crippen LogP contribution is 2.45. The summed E-state index contributed by atoms with van der Waals surface area (Å²) < 4.78 is 4.71. The molecule has 9 rings (SSSR count). The van der Waals surface area contributed by atoms with Crippen LogP contribution in [0.5, 0.6) is 0 Å². The number of rotatable bonds is 4. The molecule has 0 atom stereocenters. The van der Waals surface area contributed by atoms with Crippen molar-refractivity contribution in [3.05, 3.63) is 151 Å². The largest absolute Gasteiger partial charge is 0.306 e. The molecule has 0 spiro atoms. The van der Waals surface area contributed by atoms with E-state index in [1.807, 2.05) is 13.8 Å². The van der Waals surface area contributed by atoms with Gasteiger partial charge < -0.3 is 4.57 Å². The van der Waals surface area contributed by atoms with Crippen molar-refractivity contribution in [2.45, 2.75) is 13.8 Å². The van der Waals surface area contributed by atoms with Crippen molar-refractivity contribution >= 4 is 43.6 Å². The van der Waals surface area contributed by atoms with Crippen LogP contribution in [0.1, 0.15) is 11.6 Å². The van der Waals surface area contributed by atoms with E-state index in [0.29, 0.717) is 17.6 Å². The number of hydrogen-bond acceptors (Lipinski definition) is 3. The Hall–Kier alpha value is -6.07. The number of fused-ring (bicyclic) bond motifs is 7. The Morgan fingerprint density at radius 3 is 1.39 bits per heavy atom. The fourth-order valence-electron chi connectivity index (χ4n) is 7.13. The van der Waals surface area contributed by atoms with Crippen LogP contribution in [0, 0.1) is 13.8 Å². The summed E-state index contributed by atoms with van der Waals surface area (Å²) in [5, 5.41) is 4.69.